The molecule has 3 heteroatoms. The molecule has 1 saturated heterocycles. The Balaban J connectivity index is 1.26. The number of hydrogen-bond acceptors (Lipinski definition) is 3. The maximum atomic E-state index is 5.81. The monoisotopic (exact) mass is 256 g/mol. The first-order valence-corrected chi connectivity index (χ1v) is 8.17. The number of rotatable bonds is 5. The first-order chi connectivity index (χ1) is 8.12. The molecule has 98 valence electrons. The van der Waals surface area contributed by atoms with E-state index in [4.69, 9.17) is 9.47 Å². The second kappa shape index (κ2) is 4.75. The smallest absolute Gasteiger partial charge is 0.163 e. The van der Waals surface area contributed by atoms with Crippen LogP contribution in [0.3, 0.4) is 0 Å². The van der Waals surface area contributed by atoms with Gasteiger partial charge in [0.25, 0.3) is 0 Å². The van der Waals surface area contributed by atoms with Gasteiger partial charge in [-0.25, -0.2) is 0 Å². The molecule has 3 aliphatic rings. The van der Waals surface area contributed by atoms with Gasteiger partial charge in [-0.05, 0) is 68.8 Å². The van der Waals surface area contributed by atoms with Crippen LogP contribution in [-0.2, 0) is 9.47 Å². The van der Waals surface area contributed by atoms with E-state index >= 15 is 0 Å². The van der Waals surface area contributed by atoms with Gasteiger partial charge in [0.15, 0.2) is 5.79 Å². The average molecular weight is 256 g/mol. The van der Waals surface area contributed by atoms with Crippen LogP contribution in [0, 0.1) is 17.8 Å². The van der Waals surface area contributed by atoms with Crippen molar-refractivity contribution in [1.29, 1.82) is 0 Å². The van der Waals surface area contributed by atoms with Crippen LogP contribution in [0.15, 0.2) is 0 Å². The lowest BCUT2D eigenvalue weighted by atomic mass is 10.1. The van der Waals surface area contributed by atoms with Crippen LogP contribution in [0.4, 0.5) is 0 Å². The van der Waals surface area contributed by atoms with Crippen molar-refractivity contribution >= 4 is 11.8 Å². The van der Waals surface area contributed by atoms with Crippen LogP contribution in [0.2, 0.25) is 0 Å². The number of thioether (sulfide) groups is 1. The molecule has 1 aliphatic heterocycles. The van der Waals surface area contributed by atoms with E-state index in [-0.39, 0.29) is 5.79 Å². The van der Waals surface area contributed by atoms with Crippen molar-refractivity contribution in [3.63, 3.8) is 0 Å². The van der Waals surface area contributed by atoms with Gasteiger partial charge in [0.1, 0.15) is 0 Å². The van der Waals surface area contributed by atoms with E-state index in [1.165, 1.54) is 24.3 Å². The first kappa shape index (κ1) is 12.3. The summed E-state index contributed by atoms with van der Waals surface area (Å²) in [6.45, 7) is 4.79. The molecule has 17 heavy (non-hydrogen) atoms. The minimum absolute atomic E-state index is 0.328. The Labute approximate surface area is 109 Å². The highest BCUT2D eigenvalue weighted by molar-refractivity contribution is 7.99. The highest BCUT2D eigenvalue weighted by Crippen LogP contribution is 2.54. The van der Waals surface area contributed by atoms with E-state index in [1.807, 2.05) is 13.8 Å². The average Bonchev–Trinajstić information content (AvgIpc) is 2.72. The Kier molecular flexibility index (Phi) is 3.44. The molecule has 3 rings (SSSR count). The zero-order chi connectivity index (χ0) is 11.9. The lowest BCUT2D eigenvalue weighted by molar-refractivity contribution is -0.138. The van der Waals surface area contributed by atoms with Crippen LogP contribution in [-0.4, -0.2) is 30.0 Å². The lowest BCUT2D eigenvalue weighted by Gasteiger charge is -2.17. The van der Waals surface area contributed by atoms with Crippen molar-refractivity contribution in [3.05, 3.63) is 0 Å². The van der Waals surface area contributed by atoms with Gasteiger partial charge in [0.05, 0.1) is 12.7 Å². The maximum absolute atomic E-state index is 5.81. The van der Waals surface area contributed by atoms with Crippen molar-refractivity contribution in [2.45, 2.75) is 51.4 Å². The Morgan fingerprint density at radius 2 is 1.94 bits per heavy atom. The van der Waals surface area contributed by atoms with Crippen molar-refractivity contribution in [1.82, 2.24) is 0 Å². The molecule has 0 bridgehead atoms. The van der Waals surface area contributed by atoms with E-state index in [2.05, 4.69) is 11.8 Å². The molecule has 0 N–H and O–H groups in total. The molecule has 2 saturated carbocycles. The fourth-order valence-corrected chi connectivity index (χ4v) is 4.55. The highest BCUT2D eigenvalue weighted by Gasteiger charge is 2.45. The second-order valence-electron chi connectivity index (χ2n) is 6.41. The van der Waals surface area contributed by atoms with Gasteiger partial charge < -0.3 is 9.47 Å². The van der Waals surface area contributed by atoms with Gasteiger partial charge >= 0.3 is 0 Å². The normalized spacial score (nSPS) is 42.7. The molecule has 0 aromatic heterocycles. The molecule has 1 heterocycles. The van der Waals surface area contributed by atoms with Gasteiger partial charge in [0.2, 0.25) is 0 Å². The molecule has 3 unspecified atom stereocenters. The zero-order valence-electron chi connectivity index (χ0n) is 11.0. The summed E-state index contributed by atoms with van der Waals surface area (Å²) < 4.78 is 11.4. The van der Waals surface area contributed by atoms with E-state index < -0.39 is 0 Å². The standard InChI is InChI=1S/C14H24O2S/c1-14(2)15-8-13(16-14)3-4-17-9-10-5-11-7-12(11)6-10/h10-13H,3-9H2,1-2H3. The topological polar surface area (TPSA) is 18.5 Å². The highest BCUT2D eigenvalue weighted by atomic mass is 32.2. The molecule has 3 fully saturated rings. The van der Waals surface area contributed by atoms with Crippen LogP contribution in [0.25, 0.3) is 0 Å². The second-order valence-corrected chi connectivity index (χ2v) is 7.56. The summed E-state index contributed by atoms with van der Waals surface area (Å²) in [5, 5.41) is 0. The van der Waals surface area contributed by atoms with Crippen molar-refractivity contribution < 1.29 is 9.47 Å². The van der Waals surface area contributed by atoms with Gasteiger partial charge in [-0.1, -0.05) is 0 Å². The van der Waals surface area contributed by atoms with E-state index in [0.29, 0.717) is 6.10 Å². The summed E-state index contributed by atoms with van der Waals surface area (Å²) in [5.41, 5.74) is 0. The zero-order valence-corrected chi connectivity index (χ0v) is 11.8. The Morgan fingerprint density at radius 1 is 1.18 bits per heavy atom. The fraction of sp³-hybridized carbons (Fsp3) is 1.00. The van der Waals surface area contributed by atoms with Gasteiger partial charge in [-0.15, -0.1) is 0 Å². The molecule has 0 aromatic carbocycles. The summed E-state index contributed by atoms with van der Waals surface area (Å²) in [6, 6.07) is 0. The third kappa shape index (κ3) is 3.18. The van der Waals surface area contributed by atoms with E-state index in [0.717, 1.165) is 30.8 Å². The van der Waals surface area contributed by atoms with Crippen molar-refractivity contribution in [3.8, 4) is 0 Å². The summed E-state index contributed by atoms with van der Waals surface area (Å²) >= 11 is 2.12. The van der Waals surface area contributed by atoms with Crippen LogP contribution in [0.5, 0.6) is 0 Å². The Morgan fingerprint density at radius 3 is 2.59 bits per heavy atom. The third-order valence-electron chi connectivity index (χ3n) is 4.35. The molecule has 0 aromatic rings. The van der Waals surface area contributed by atoms with Crippen LogP contribution in [0.1, 0.15) is 39.5 Å². The molecule has 2 aliphatic carbocycles. The van der Waals surface area contributed by atoms with Gasteiger partial charge in [-0.2, -0.15) is 11.8 Å². The Hall–Kier alpha value is 0.270. The predicted molar refractivity (Wildman–Crippen MR) is 71.2 cm³/mol. The first-order valence-electron chi connectivity index (χ1n) is 7.02. The van der Waals surface area contributed by atoms with Crippen LogP contribution >= 0.6 is 11.8 Å². The van der Waals surface area contributed by atoms with Gasteiger partial charge in [0, 0.05) is 0 Å². The summed E-state index contributed by atoms with van der Waals surface area (Å²) in [4.78, 5) is 0. The fourth-order valence-electron chi connectivity index (χ4n) is 3.35. The van der Waals surface area contributed by atoms with Crippen LogP contribution < -0.4 is 0 Å². The molecular weight excluding hydrogens is 232 g/mol. The predicted octanol–water partition coefficient (Wildman–Crippen LogP) is 3.31. The third-order valence-corrected chi connectivity index (χ3v) is 5.58. The van der Waals surface area contributed by atoms with Crippen molar-refractivity contribution in [2.75, 3.05) is 18.1 Å². The van der Waals surface area contributed by atoms with E-state index in [9.17, 15) is 0 Å². The minimum Gasteiger partial charge on any atom is -0.348 e. The molecule has 0 spiro atoms. The minimum atomic E-state index is -0.345. The Bertz CT molecular complexity index is 269. The van der Waals surface area contributed by atoms with Crippen molar-refractivity contribution in [2.24, 2.45) is 17.8 Å². The molecule has 2 nitrogen and oxygen atoms in total. The van der Waals surface area contributed by atoms with E-state index in [1.54, 1.807) is 6.42 Å². The number of ether oxygens (including phenoxy) is 2. The summed E-state index contributed by atoms with van der Waals surface area (Å²) in [5.74, 6) is 5.56. The number of hydrogen-bond donors (Lipinski definition) is 0. The van der Waals surface area contributed by atoms with Gasteiger partial charge in [-0.3, -0.25) is 0 Å². The molecular formula is C14H24O2S. The largest absolute Gasteiger partial charge is 0.348 e. The lowest BCUT2D eigenvalue weighted by Crippen LogP contribution is -2.21. The summed E-state index contributed by atoms with van der Waals surface area (Å²) in [7, 11) is 0. The number of fused-ring (bicyclic) bond motifs is 1. The molecule has 3 atom stereocenters. The maximum Gasteiger partial charge on any atom is 0.163 e. The quantitative estimate of drug-likeness (QED) is 0.703. The molecule has 0 radical (unpaired) electrons. The SMILES string of the molecule is CC1(C)OCC(CCSCC2CC3CC3C2)O1. The summed E-state index contributed by atoms with van der Waals surface area (Å²) in [6.07, 6.45) is 6.06. The molecule has 0 amide bonds.